The summed E-state index contributed by atoms with van der Waals surface area (Å²) >= 11 is 1.85. The molecular weight excluding hydrogens is 280 g/mol. The molecule has 2 rings (SSSR count). The van der Waals surface area contributed by atoms with Crippen LogP contribution in [0.1, 0.15) is 86.7 Å². The molecule has 0 fully saturated rings. The van der Waals surface area contributed by atoms with Crippen LogP contribution in [0.15, 0.2) is 16.8 Å². The van der Waals surface area contributed by atoms with Crippen LogP contribution in [-0.4, -0.2) is 9.97 Å². The van der Waals surface area contributed by atoms with E-state index in [1.807, 2.05) is 23.7 Å². The Morgan fingerprint density at radius 3 is 2.38 bits per heavy atom. The zero-order valence-corrected chi connectivity index (χ0v) is 14.5. The van der Waals surface area contributed by atoms with Gasteiger partial charge in [-0.1, -0.05) is 34.6 Å². The third-order valence-electron chi connectivity index (χ3n) is 3.69. The summed E-state index contributed by atoms with van der Waals surface area (Å²) < 4.78 is 5.82. The largest absolute Gasteiger partial charge is 0.445 e. The van der Waals surface area contributed by atoms with E-state index >= 15 is 0 Å². The zero-order chi connectivity index (χ0) is 15.4. The molecule has 3 nitrogen and oxygen atoms in total. The molecule has 0 saturated carbocycles. The van der Waals surface area contributed by atoms with Gasteiger partial charge in [-0.25, -0.2) is 9.97 Å². The van der Waals surface area contributed by atoms with Gasteiger partial charge >= 0.3 is 0 Å². The lowest BCUT2D eigenvalue weighted by Crippen LogP contribution is -1.93. The van der Waals surface area contributed by atoms with E-state index in [2.05, 4.69) is 44.6 Å². The summed E-state index contributed by atoms with van der Waals surface area (Å²) in [6.45, 7) is 10.9. The Bertz CT molecular complexity index is 557. The minimum absolute atomic E-state index is 0.357. The van der Waals surface area contributed by atoms with E-state index in [9.17, 15) is 0 Å². The van der Waals surface area contributed by atoms with Crippen molar-refractivity contribution in [3.8, 4) is 0 Å². The molecule has 21 heavy (non-hydrogen) atoms. The van der Waals surface area contributed by atoms with Crippen LogP contribution in [0.2, 0.25) is 0 Å². The van der Waals surface area contributed by atoms with Crippen LogP contribution in [0.3, 0.4) is 0 Å². The summed E-state index contributed by atoms with van der Waals surface area (Å²) in [6.07, 6.45) is 7.24. The minimum atomic E-state index is 0.357. The van der Waals surface area contributed by atoms with E-state index in [4.69, 9.17) is 4.42 Å². The molecule has 116 valence electrons. The van der Waals surface area contributed by atoms with E-state index in [1.54, 1.807) is 0 Å². The van der Waals surface area contributed by atoms with Crippen LogP contribution in [0.5, 0.6) is 0 Å². The number of hydrogen-bond donors (Lipinski definition) is 0. The first kappa shape index (κ1) is 16.2. The van der Waals surface area contributed by atoms with Gasteiger partial charge in [-0.15, -0.1) is 11.3 Å². The first-order valence-electron chi connectivity index (χ1n) is 7.87. The van der Waals surface area contributed by atoms with E-state index in [1.165, 1.54) is 9.88 Å². The highest BCUT2D eigenvalue weighted by Gasteiger charge is 2.14. The van der Waals surface area contributed by atoms with Crippen molar-refractivity contribution in [1.82, 2.24) is 9.97 Å². The summed E-state index contributed by atoms with van der Waals surface area (Å²) in [4.78, 5) is 10.2. The SMILES string of the molecule is CC(C)c1ncc(C(C)CCCc2ncc(C(C)C)s2)o1. The molecule has 1 unspecified atom stereocenters. The number of oxazole rings is 1. The van der Waals surface area contributed by atoms with Gasteiger partial charge < -0.3 is 4.42 Å². The highest BCUT2D eigenvalue weighted by atomic mass is 32.1. The fourth-order valence-corrected chi connectivity index (χ4v) is 3.17. The highest BCUT2D eigenvalue weighted by molar-refractivity contribution is 7.11. The van der Waals surface area contributed by atoms with Crippen LogP contribution in [0, 0.1) is 0 Å². The molecule has 2 aromatic heterocycles. The first-order chi connectivity index (χ1) is 9.97. The van der Waals surface area contributed by atoms with Gasteiger partial charge in [-0.05, 0) is 25.2 Å². The quantitative estimate of drug-likeness (QED) is 0.677. The lowest BCUT2D eigenvalue weighted by molar-refractivity contribution is 0.405. The maximum atomic E-state index is 5.82. The van der Waals surface area contributed by atoms with Crippen LogP contribution < -0.4 is 0 Å². The van der Waals surface area contributed by atoms with Crippen LogP contribution in [-0.2, 0) is 6.42 Å². The van der Waals surface area contributed by atoms with Gasteiger partial charge in [0.25, 0.3) is 0 Å². The predicted molar refractivity (Wildman–Crippen MR) is 88.1 cm³/mol. The van der Waals surface area contributed by atoms with Crippen molar-refractivity contribution in [2.75, 3.05) is 0 Å². The smallest absolute Gasteiger partial charge is 0.196 e. The second-order valence-corrected chi connectivity index (χ2v) is 7.51. The molecular formula is C17H26N2OS. The lowest BCUT2D eigenvalue weighted by atomic mass is 10.0. The van der Waals surface area contributed by atoms with Crippen molar-refractivity contribution < 1.29 is 4.42 Å². The van der Waals surface area contributed by atoms with Gasteiger partial charge in [-0.2, -0.15) is 0 Å². The lowest BCUT2D eigenvalue weighted by Gasteiger charge is -2.07. The molecule has 0 saturated heterocycles. The second-order valence-electron chi connectivity index (χ2n) is 6.36. The molecule has 0 amide bonds. The van der Waals surface area contributed by atoms with Crippen LogP contribution >= 0.6 is 11.3 Å². The number of hydrogen-bond acceptors (Lipinski definition) is 4. The number of rotatable bonds is 7. The molecule has 2 heterocycles. The maximum absolute atomic E-state index is 5.82. The summed E-state index contributed by atoms with van der Waals surface area (Å²) in [7, 11) is 0. The molecule has 2 aromatic rings. The molecule has 4 heteroatoms. The fourth-order valence-electron chi connectivity index (χ4n) is 2.20. The number of nitrogens with zero attached hydrogens (tertiary/aromatic N) is 2. The minimum Gasteiger partial charge on any atom is -0.445 e. The first-order valence-corrected chi connectivity index (χ1v) is 8.69. The Kier molecular flexibility index (Phi) is 5.57. The Hall–Kier alpha value is -1.16. The highest BCUT2D eigenvalue weighted by Crippen LogP contribution is 2.26. The average Bonchev–Trinajstić information content (AvgIpc) is 3.07. The monoisotopic (exact) mass is 306 g/mol. The number of thiazole rings is 1. The van der Waals surface area contributed by atoms with E-state index in [0.717, 1.165) is 30.9 Å². The second kappa shape index (κ2) is 7.21. The van der Waals surface area contributed by atoms with Crippen molar-refractivity contribution in [2.45, 2.75) is 71.6 Å². The number of aromatic nitrogens is 2. The van der Waals surface area contributed by atoms with E-state index < -0.39 is 0 Å². The Morgan fingerprint density at radius 1 is 1.05 bits per heavy atom. The summed E-state index contributed by atoms with van der Waals surface area (Å²) in [5.74, 6) is 3.23. The third kappa shape index (κ3) is 4.40. The van der Waals surface area contributed by atoms with Gasteiger partial charge in [0.15, 0.2) is 5.89 Å². The Morgan fingerprint density at radius 2 is 1.81 bits per heavy atom. The molecule has 0 aliphatic carbocycles. The van der Waals surface area contributed by atoms with Gasteiger partial charge in [0, 0.05) is 22.9 Å². The summed E-state index contributed by atoms with van der Waals surface area (Å²) in [5.41, 5.74) is 0. The van der Waals surface area contributed by atoms with Gasteiger partial charge in [0.05, 0.1) is 11.2 Å². The van der Waals surface area contributed by atoms with Crippen LogP contribution in [0.4, 0.5) is 0 Å². The molecule has 1 atom stereocenters. The molecule has 0 N–H and O–H groups in total. The van der Waals surface area contributed by atoms with E-state index in [-0.39, 0.29) is 0 Å². The average molecular weight is 306 g/mol. The normalized spacial score (nSPS) is 13.3. The van der Waals surface area contributed by atoms with Crippen molar-refractivity contribution in [3.63, 3.8) is 0 Å². The third-order valence-corrected chi connectivity index (χ3v) is 5.05. The summed E-state index contributed by atoms with van der Waals surface area (Å²) in [5, 5.41) is 1.26. The molecule has 0 aliphatic rings. The number of aryl methyl sites for hydroxylation is 1. The van der Waals surface area contributed by atoms with Crippen molar-refractivity contribution in [2.24, 2.45) is 0 Å². The standard InChI is InChI=1S/C17H26N2OS/c1-11(2)15-10-18-16(21-15)8-6-7-13(5)14-9-19-17(20-14)12(3)4/h9-13H,6-8H2,1-5H3. The Labute approximate surface area is 131 Å². The molecule has 0 bridgehead atoms. The molecule has 0 aromatic carbocycles. The summed E-state index contributed by atoms with van der Waals surface area (Å²) in [6, 6.07) is 0. The molecule has 0 aliphatic heterocycles. The Balaban J connectivity index is 1.81. The predicted octanol–water partition coefficient (Wildman–Crippen LogP) is 5.50. The van der Waals surface area contributed by atoms with Crippen molar-refractivity contribution >= 4 is 11.3 Å². The topological polar surface area (TPSA) is 38.9 Å². The maximum Gasteiger partial charge on any atom is 0.196 e. The van der Waals surface area contributed by atoms with Gasteiger partial charge in [0.1, 0.15) is 5.76 Å². The van der Waals surface area contributed by atoms with Gasteiger partial charge in [0.2, 0.25) is 0 Å². The van der Waals surface area contributed by atoms with Crippen molar-refractivity contribution in [1.29, 1.82) is 0 Å². The van der Waals surface area contributed by atoms with Gasteiger partial charge in [-0.3, -0.25) is 0 Å². The molecule has 0 radical (unpaired) electrons. The van der Waals surface area contributed by atoms with Crippen LogP contribution in [0.25, 0.3) is 0 Å². The zero-order valence-electron chi connectivity index (χ0n) is 13.7. The van der Waals surface area contributed by atoms with E-state index in [0.29, 0.717) is 17.8 Å². The molecule has 0 spiro atoms. The fraction of sp³-hybridized carbons (Fsp3) is 0.647. The van der Waals surface area contributed by atoms with Crippen molar-refractivity contribution in [3.05, 3.63) is 33.9 Å².